The van der Waals surface area contributed by atoms with Crippen LogP contribution in [0.2, 0.25) is 0 Å². The van der Waals surface area contributed by atoms with Crippen molar-refractivity contribution in [3.05, 3.63) is 65.7 Å². The minimum atomic E-state index is -3.93. The Morgan fingerprint density at radius 2 is 1.79 bits per heavy atom. The zero-order valence-electron chi connectivity index (χ0n) is 14.5. The average molecular weight is 414 g/mol. The molecule has 1 heterocycles. The Bertz CT molecular complexity index is 1160. The molecule has 0 aliphatic heterocycles. The molecule has 3 rings (SSSR count). The number of hydrogen-bond acceptors (Lipinski definition) is 6. The number of nitriles is 1. The Hall–Kier alpha value is -3.35. The Kier molecular flexibility index (Phi) is 5.35. The Balaban J connectivity index is 1.98. The second-order valence-electron chi connectivity index (χ2n) is 5.79. The second kappa shape index (κ2) is 7.72. The SMILES string of the molecule is Cc1ccc(S(=O)(=O)Nc2cc(-c3ccc(C#N)cc3)sc2OC(=O)O)cc1. The molecular formula is C19H14N2O5S2. The number of nitrogens with zero attached hydrogens (tertiary/aromatic N) is 1. The maximum Gasteiger partial charge on any atom is 0.512 e. The zero-order chi connectivity index (χ0) is 20.3. The van der Waals surface area contributed by atoms with E-state index in [0.717, 1.165) is 16.9 Å². The van der Waals surface area contributed by atoms with Crippen LogP contribution in [0.15, 0.2) is 59.5 Å². The van der Waals surface area contributed by atoms with E-state index in [2.05, 4.69) is 4.72 Å². The van der Waals surface area contributed by atoms with E-state index < -0.39 is 16.2 Å². The van der Waals surface area contributed by atoms with E-state index in [0.29, 0.717) is 16.0 Å². The van der Waals surface area contributed by atoms with E-state index in [9.17, 15) is 13.2 Å². The second-order valence-corrected chi connectivity index (χ2v) is 8.48. The van der Waals surface area contributed by atoms with Gasteiger partial charge in [-0.15, -0.1) is 0 Å². The normalized spacial score (nSPS) is 10.9. The molecule has 0 aliphatic rings. The van der Waals surface area contributed by atoms with Gasteiger partial charge in [-0.3, -0.25) is 4.72 Å². The van der Waals surface area contributed by atoms with Crippen molar-refractivity contribution in [2.24, 2.45) is 0 Å². The molecule has 142 valence electrons. The third-order valence-corrected chi connectivity index (χ3v) is 6.20. The molecule has 0 unspecified atom stereocenters. The zero-order valence-corrected chi connectivity index (χ0v) is 16.2. The van der Waals surface area contributed by atoms with Crippen molar-refractivity contribution < 1.29 is 23.1 Å². The molecule has 0 fully saturated rings. The lowest BCUT2D eigenvalue weighted by Crippen LogP contribution is -2.13. The fourth-order valence-corrected chi connectivity index (χ4v) is 4.45. The number of ether oxygens (including phenoxy) is 1. The van der Waals surface area contributed by atoms with Crippen molar-refractivity contribution in [3.63, 3.8) is 0 Å². The number of hydrogen-bond donors (Lipinski definition) is 2. The quantitative estimate of drug-likeness (QED) is 0.596. The summed E-state index contributed by atoms with van der Waals surface area (Å²) in [6, 6.07) is 16.4. The third kappa shape index (κ3) is 4.31. The summed E-state index contributed by atoms with van der Waals surface area (Å²) in [5.41, 5.74) is 2.10. The summed E-state index contributed by atoms with van der Waals surface area (Å²) in [5, 5.41) is 17.8. The van der Waals surface area contributed by atoms with Crippen molar-refractivity contribution in [1.29, 1.82) is 5.26 Å². The van der Waals surface area contributed by atoms with Crippen LogP contribution in [0.1, 0.15) is 11.1 Å². The molecule has 9 heteroatoms. The van der Waals surface area contributed by atoms with Crippen LogP contribution in [0.3, 0.4) is 0 Å². The molecule has 0 radical (unpaired) electrons. The molecule has 0 amide bonds. The molecule has 2 aromatic carbocycles. The molecule has 28 heavy (non-hydrogen) atoms. The standard InChI is InChI=1S/C19H14N2O5S2/c1-12-2-8-15(9-3-12)28(24,25)21-16-10-17(27-18(16)26-19(22)23)14-6-4-13(11-20)5-7-14/h2-10,21H,1H3,(H,22,23). The number of sulfonamides is 1. The van der Waals surface area contributed by atoms with Gasteiger partial charge in [0, 0.05) is 4.88 Å². The van der Waals surface area contributed by atoms with E-state index in [1.807, 2.05) is 13.0 Å². The van der Waals surface area contributed by atoms with E-state index in [1.54, 1.807) is 36.4 Å². The maximum atomic E-state index is 12.6. The van der Waals surface area contributed by atoms with E-state index >= 15 is 0 Å². The molecule has 2 N–H and O–H groups in total. The number of aryl methyl sites for hydroxylation is 1. The van der Waals surface area contributed by atoms with Crippen molar-refractivity contribution in [1.82, 2.24) is 0 Å². The molecule has 0 atom stereocenters. The monoisotopic (exact) mass is 414 g/mol. The van der Waals surface area contributed by atoms with Gasteiger partial charge in [-0.1, -0.05) is 41.2 Å². The first-order chi connectivity index (χ1) is 13.3. The van der Waals surface area contributed by atoms with Crippen LogP contribution < -0.4 is 9.46 Å². The minimum Gasteiger partial charge on any atom is -0.449 e. The van der Waals surface area contributed by atoms with Crippen molar-refractivity contribution >= 4 is 33.2 Å². The van der Waals surface area contributed by atoms with E-state index in [4.69, 9.17) is 15.1 Å². The predicted octanol–water partition coefficient (Wildman–Crippen LogP) is 4.45. The molecule has 3 aromatic rings. The summed E-state index contributed by atoms with van der Waals surface area (Å²) in [5.74, 6) is 0. The number of thiophene rings is 1. The fourth-order valence-electron chi connectivity index (χ4n) is 2.37. The van der Waals surface area contributed by atoms with Crippen molar-refractivity contribution in [2.75, 3.05) is 4.72 Å². The number of rotatable bonds is 5. The third-order valence-electron chi connectivity index (χ3n) is 3.75. The summed E-state index contributed by atoms with van der Waals surface area (Å²) < 4.78 is 32.4. The summed E-state index contributed by atoms with van der Waals surface area (Å²) >= 11 is 0.980. The Labute approximate surface area is 165 Å². The van der Waals surface area contributed by atoms with Gasteiger partial charge >= 0.3 is 6.16 Å². The van der Waals surface area contributed by atoms with Crippen LogP contribution in [0.4, 0.5) is 10.5 Å². The van der Waals surface area contributed by atoms with Gasteiger partial charge in [-0.2, -0.15) is 5.26 Å². The fraction of sp³-hybridized carbons (Fsp3) is 0.0526. The molecule has 7 nitrogen and oxygen atoms in total. The van der Waals surface area contributed by atoms with Crippen LogP contribution in [0.5, 0.6) is 5.06 Å². The average Bonchev–Trinajstić information content (AvgIpc) is 3.03. The highest BCUT2D eigenvalue weighted by Gasteiger charge is 2.21. The molecule has 0 aliphatic carbocycles. The molecule has 0 saturated heterocycles. The van der Waals surface area contributed by atoms with Crippen molar-refractivity contribution in [2.45, 2.75) is 11.8 Å². The summed E-state index contributed by atoms with van der Waals surface area (Å²) in [6.45, 7) is 1.84. The largest absolute Gasteiger partial charge is 0.512 e. The van der Waals surface area contributed by atoms with Crippen LogP contribution in [0, 0.1) is 18.3 Å². The molecule has 0 spiro atoms. The van der Waals surface area contributed by atoms with E-state index in [-0.39, 0.29) is 15.6 Å². The van der Waals surface area contributed by atoms with Gasteiger partial charge in [0.1, 0.15) is 5.69 Å². The maximum absolute atomic E-state index is 12.6. The van der Waals surface area contributed by atoms with Crippen LogP contribution in [-0.2, 0) is 10.0 Å². The number of carbonyl (C=O) groups is 1. The number of anilines is 1. The van der Waals surface area contributed by atoms with Crippen LogP contribution >= 0.6 is 11.3 Å². The molecule has 0 saturated carbocycles. The van der Waals surface area contributed by atoms with Crippen LogP contribution in [0.25, 0.3) is 10.4 Å². The molecule has 0 bridgehead atoms. The lowest BCUT2D eigenvalue weighted by Gasteiger charge is -2.08. The summed E-state index contributed by atoms with van der Waals surface area (Å²) in [4.78, 5) is 11.6. The van der Waals surface area contributed by atoms with E-state index in [1.165, 1.54) is 18.2 Å². The van der Waals surface area contributed by atoms with Gasteiger partial charge in [0.2, 0.25) is 5.06 Å². The molecular weight excluding hydrogens is 400 g/mol. The van der Waals surface area contributed by atoms with Gasteiger partial charge in [-0.25, -0.2) is 13.2 Å². The lowest BCUT2D eigenvalue weighted by atomic mass is 10.1. The first-order valence-corrected chi connectivity index (χ1v) is 10.2. The van der Waals surface area contributed by atoms with Gasteiger partial charge in [0.15, 0.2) is 0 Å². The van der Waals surface area contributed by atoms with Crippen LogP contribution in [-0.4, -0.2) is 19.7 Å². The first kappa shape index (κ1) is 19.4. The minimum absolute atomic E-state index is 0.0207. The Morgan fingerprint density at radius 3 is 2.36 bits per heavy atom. The number of nitrogens with one attached hydrogen (secondary N) is 1. The van der Waals surface area contributed by atoms with Crippen molar-refractivity contribution in [3.8, 4) is 21.6 Å². The van der Waals surface area contributed by atoms with Gasteiger partial charge in [0.05, 0.1) is 16.5 Å². The number of carboxylic acid groups (broad SMARTS) is 1. The predicted molar refractivity (Wildman–Crippen MR) is 105 cm³/mol. The summed E-state index contributed by atoms with van der Waals surface area (Å²) in [6.07, 6.45) is -1.55. The Morgan fingerprint density at radius 1 is 1.14 bits per heavy atom. The number of benzene rings is 2. The topological polar surface area (TPSA) is 116 Å². The smallest absolute Gasteiger partial charge is 0.449 e. The highest BCUT2D eigenvalue weighted by Crippen LogP contribution is 2.42. The highest BCUT2D eigenvalue weighted by atomic mass is 32.2. The first-order valence-electron chi connectivity index (χ1n) is 7.93. The highest BCUT2D eigenvalue weighted by molar-refractivity contribution is 7.92. The van der Waals surface area contributed by atoms with Gasteiger partial charge in [-0.05, 0) is 42.8 Å². The van der Waals surface area contributed by atoms with Gasteiger partial charge < -0.3 is 9.84 Å². The lowest BCUT2D eigenvalue weighted by molar-refractivity contribution is 0.146. The van der Waals surface area contributed by atoms with Gasteiger partial charge in [0.25, 0.3) is 10.0 Å². The summed E-state index contributed by atoms with van der Waals surface area (Å²) in [7, 11) is -3.93. The molecule has 1 aromatic heterocycles.